The molecule has 0 aromatic heterocycles. The Hall–Kier alpha value is -3.97. The number of fused-ring (bicyclic) bond motifs is 1. The van der Waals surface area contributed by atoms with E-state index in [1.54, 1.807) is 18.2 Å². The largest absolute Gasteiger partial charge is 0.480 e. The van der Waals surface area contributed by atoms with Gasteiger partial charge in [0.25, 0.3) is 5.91 Å². The number of hydrogen-bond donors (Lipinski definition) is 3. The van der Waals surface area contributed by atoms with Crippen molar-refractivity contribution in [3.63, 3.8) is 0 Å². The lowest BCUT2D eigenvalue weighted by molar-refractivity contribution is -0.144. The lowest BCUT2D eigenvalue weighted by atomic mass is 10.0. The van der Waals surface area contributed by atoms with Gasteiger partial charge in [-0.1, -0.05) is 64.6 Å². The summed E-state index contributed by atoms with van der Waals surface area (Å²) in [5.74, 6) is -1.36. The predicted molar refractivity (Wildman–Crippen MR) is 165 cm³/mol. The van der Waals surface area contributed by atoms with Gasteiger partial charge in [0.15, 0.2) is 0 Å². The quantitative estimate of drug-likeness (QED) is 0.219. The van der Waals surface area contributed by atoms with Crippen LogP contribution < -0.4 is 10.6 Å². The van der Waals surface area contributed by atoms with Crippen LogP contribution >= 0.6 is 21.6 Å². The Morgan fingerprint density at radius 2 is 1.95 bits per heavy atom. The Morgan fingerprint density at radius 1 is 1.19 bits per heavy atom. The third kappa shape index (κ3) is 8.77. The Labute approximate surface area is 257 Å². The maximum Gasteiger partial charge on any atom is 0.411 e. The highest BCUT2D eigenvalue weighted by molar-refractivity contribution is 8.76. The molecule has 2 heterocycles. The first-order chi connectivity index (χ1) is 20.6. The molecule has 0 aliphatic carbocycles. The minimum atomic E-state index is -1.07. The van der Waals surface area contributed by atoms with Crippen molar-refractivity contribution in [3.05, 3.63) is 77.5 Å². The van der Waals surface area contributed by atoms with E-state index in [2.05, 4.69) is 17.2 Å². The van der Waals surface area contributed by atoms with Gasteiger partial charge in [-0.05, 0) is 37.5 Å². The molecule has 1 saturated heterocycles. The third-order valence-corrected chi connectivity index (χ3v) is 9.77. The van der Waals surface area contributed by atoms with Crippen LogP contribution in [0.15, 0.2) is 60.8 Å². The standard InChI is InChI=1S/C30H34N4O7S2/c1-19-11-12-25(28(38)31-19)34-16-23-22(29(34)39)9-6-10-24(23)32-30(40)41-18-20(2)43-42-14-13-26(35)33(17-27(36)37)15-21-7-4-3-5-8-21/h3-10,20,25H,1,11-18H2,2H3,(H,31,38)(H,32,40)(H,36,37)/t20-,25?/m0/s1. The van der Waals surface area contributed by atoms with Crippen molar-refractivity contribution in [1.82, 2.24) is 15.1 Å². The lowest BCUT2D eigenvalue weighted by Crippen LogP contribution is -2.49. The summed E-state index contributed by atoms with van der Waals surface area (Å²) in [4.78, 5) is 64.9. The van der Waals surface area contributed by atoms with Gasteiger partial charge in [-0.2, -0.15) is 0 Å². The van der Waals surface area contributed by atoms with Crippen molar-refractivity contribution in [2.24, 2.45) is 0 Å². The van der Waals surface area contributed by atoms with E-state index in [-0.39, 0.29) is 55.6 Å². The minimum absolute atomic E-state index is 0.0802. The number of carboxylic acid groups (broad SMARTS) is 1. The number of hydrogen-bond acceptors (Lipinski definition) is 8. The van der Waals surface area contributed by atoms with Crippen LogP contribution in [0.4, 0.5) is 10.5 Å². The number of anilines is 1. The van der Waals surface area contributed by atoms with Crippen molar-refractivity contribution in [3.8, 4) is 0 Å². The number of carbonyl (C=O) groups is 5. The number of carboxylic acids is 1. The van der Waals surface area contributed by atoms with Crippen LogP contribution in [0, 0.1) is 0 Å². The summed E-state index contributed by atoms with van der Waals surface area (Å²) >= 11 is 0. The fourth-order valence-electron chi connectivity index (χ4n) is 4.80. The average Bonchev–Trinajstić information content (AvgIpc) is 3.31. The topological polar surface area (TPSA) is 145 Å². The molecule has 4 amide bonds. The normalized spacial score (nSPS) is 16.7. The molecule has 2 aliphatic heterocycles. The average molecular weight is 627 g/mol. The summed E-state index contributed by atoms with van der Waals surface area (Å²) < 4.78 is 5.40. The second-order valence-electron chi connectivity index (χ2n) is 10.2. The van der Waals surface area contributed by atoms with Gasteiger partial charge in [-0.25, -0.2) is 4.79 Å². The van der Waals surface area contributed by atoms with E-state index < -0.39 is 18.1 Å². The zero-order valence-electron chi connectivity index (χ0n) is 23.7. The maximum absolute atomic E-state index is 13.0. The molecule has 11 nitrogen and oxygen atoms in total. The molecule has 1 unspecified atom stereocenters. The number of ether oxygens (including phenoxy) is 1. The maximum atomic E-state index is 13.0. The number of allylic oxidation sites excluding steroid dienone is 1. The summed E-state index contributed by atoms with van der Waals surface area (Å²) in [5.41, 5.74) is 3.02. The molecule has 3 N–H and O–H groups in total. The molecule has 1 fully saturated rings. The van der Waals surface area contributed by atoms with Crippen LogP contribution in [-0.4, -0.2) is 74.9 Å². The molecule has 2 aromatic carbocycles. The van der Waals surface area contributed by atoms with Crippen LogP contribution in [0.2, 0.25) is 0 Å². The number of benzene rings is 2. The number of piperidine rings is 1. The summed E-state index contributed by atoms with van der Waals surface area (Å²) in [7, 11) is 2.91. The molecule has 0 saturated carbocycles. The monoisotopic (exact) mass is 626 g/mol. The number of amides is 4. The van der Waals surface area contributed by atoms with Crippen LogP contribution in [0.1, 0.15) is 47.7 Å². The van der Waals surface area contributed by atoms with Gasteiger partial charge < -0.3 is 25.0 Å². The summed E-state index contributed by atoms with van der Waals surface area (Å²) in [6.07, 6.45) is 0.600. The van der Waals surface area contributed by atoms with Gasteiger partial charge in [-0.15, -0.1) is 0 Å². The van der Waals surface area contributed by atoms with Gasteiger partial charge in [0.1, 0.15) is 19.2 Å². The second kappa shape index (κ2) is 15.0. The molecule has 0 bridgehead atoms. The van der Waals surface area contributed by atoms with Crippen LogP contribution in [0.25, 0.3) is 0 Å². The fraction of sp³-hybridized carbons (Fsp3) is 0.367. The Kier molecular flexibility index (Phi) is 11.1. The molecular weight excluding hydrogens is 592 g/mol. The summed E-state index contributed by atoms with van der Waals surface area (Å²) in [6, 6.07) is 13.7. The van der Waals surface area contributed by atoms with Crippen LogP contribution in [-0.2, 0) is 32.2 Å². The Balaban J connectivity index is 1.20. The van der Waals surface area contributed by atoms with E-state index in [4.69, 9.17) is 4.74 Å². The Bertz CT molecular complexity index is 1390. The number of rotatable bonds is 13. The van der Waals surface area contributed by atoms with Crippen LogP contribution in [0.5, 0.6) is 0 Å². The zero-order chi connectivity index (χ0) is 30.9. The first-order valence-corrected chi connectivity index (χ1v) is 16.2. The highest BCUT2D eigenvalue weighted by Crippen LogP contribution is 2.33. The van der Waals surface area contributed by atoms with Crippen molar-refractivity contribution < 1.29 is 33.8 Å². The van der Waals surface area contributed by atoms with E-state index in [9.17, 15) is 29.1 Å². The Morgan fingerprint density at radius 3 is 2.67 bits per heavy atom. The predicted octanol–water partition coefficient (Wildman–Crippen LogP) is 4.26. The minimum Gasteiger partial charge on any atom is -0.480 e. The molecule has 4 rings (SSSR count). The van der Waals surface area contributed by atoms with E-state index >= 15 is 0 Å². The van der Waals surface area contributed by atoms with Crippen molar-refractivity contribution in [1.29, 1.82) is 0 Å². The van der Waals surface area contributed by atoms with Gasteiger partial charge in [-0.3, -0.25) is 24.5 Å². The highest BCUT2D eigenvalue weighted by atomic mass is 33.1. The molecule has 0 radical (unpaired) electrons. The first kappa shape index (κ1) is 32.0. The summed E-state index contributed by atoms with van der Waals surface area (Å²) in [6.45, 7) is 5.85. The highest BCUT2D eigenvalue weighted by Gasteiger charge is 2.39. The third-order valence-electron chi connectivity index (χ3n) is 6.91. The van der Waals surface area contributed by atoms with Gasteiger partial charge >= 0.3 is 12.1 Å². The molecule has 2 aliphatic rings. The smallest absolute Gasteiger partial charge is 0.411 e. The molecule has 43 heavy (non-hydrogen) atoms. The molecule has 2 atom stereocenters. The lowest BCUT2D eigenvalue weighted by Gasteiger charge is -2.31. The van der Waals surface area contributed by atoms with E-state index in [0.29, 0.717) is 41.1 Å². The van der Waals surface area contributed by atoms with E-state index in [1.807, 2.05) is 37.3 Å². The number of nitrogens with one attached hydrogen (secondary N) is 2. The van der Waals surface area contributed by atoms with Crippen molar-refractivity contribution in [2.45, 2.75) is 50.6 Å². The molecule has 228 valence electrons. The van der Waals surface area contributed by atoms with Gasteiger partial charge in [0.2, 0.25) is 11.8 Å². The number of nitrogens with zero attached hydrogens (tertiary/aromatic N) is 2. The SMILES string of the molecule is C=C1CCC(N2Cc3c(NC(=O)OC[C@H](C)SSCCC(=O)N(CC(=O)O)Cc4ccccc4)cccc3C2=O)C(=O)N1. The van der Waals surface area contributed by atoms with Crippen molar-refractivity contribution in [2.75, 3.05) is 24.2 Å². The van der Waals surface area contributed by atoms with E-state index in [0.717, 1.165) is 5.56 Å². The number of aliphatic carboxylic acids is 1. The summed E-state index contributed by atoms with van der Waals surface area (Å²) in [5, 5.41) is 14.6. The van der Waals surface area contributed by atoms with Gasteiger partial charge in [0.05, 0.1) is 0 Å². The van der Waals surface area contributed by atoms with Gasteiger partial charge in [0, 0.05) is 53.0 Å². The van der Waals surface area contributed by atoms with Crippen LogP contribution in [0.3, 0.4) is 0 Å². The zero-order valence-corrected chi connectivity index (χ0v) is 25.4. The van der Waals surface area contributed by atoms with Crippen molar-refractivity contribution >= 4 is 57.1 Å². The number of carbonyl (C=O) groups excluding carboxylic acids is 4. The molecule has 0 spiro atoms. The second-order valence-corrected chi connectivity index (χ2v) is 13.2. The first-order valence-electron chi connectivity index (χ1n) is 13.8. The molecular formula is C30H34N4O7S2. The van der Waals surface area contributed by atoms with E-state index in [1.165, 1.54) is 31.4 Å². The fourth-order valence-corrected chi connectivity index (χ4v) is 6.91. The molecule has 2 aromatic rings. The molecule has 13 heteroatoms.